The molecule has 0 fully saturated rings. The van der Waals surface area contributed by atoms with E-state index in [-0.39, 0.29) is 0 Å². The van der Waals surface area contributed by atoms with Crippen LogP contribution in [0.3, 0.4) is 0 Å². The lowest BCUT2D eigenvalue weighted by Crippen LogP contribution is -2.18. The van der Waals surface area contributed by atoms with Crippen molar-refractivity contribution in [3.8, 4) is 5.75 Å². The van der Waals surface area contributed by atoms with E-state index >= 15 is 0 Å². The van der Waals surface area contributed by atoms with Gasteiger partial charge in [0, 0.05) is 13.0 Å². The van der Waals surface area contributed by atoms with E-state index in [9.17, 15) is 4.79 Å². The van der Waals surface area contributed by atoms with Crippen LogP contribution in [0.5, 0.6) is 5.75 Å². The van der Waals surface area contributed by atoms with Crippen molar-refractivity contribution < 1.29 is 9.53 Å². The number of carbonyl (C=O) groups excluding carboxylic acids is 1. The van der Waals surface area contributed by atoms with E-state index < -0.39 is 6.09 Å². The monoisotopic (exact) mass is 207 g/mol. The summed E-state index contributed by atoms with van der Waals surface area (Å²) in [5, 5.41) is 0. The number of rotatable bonds is 4. The van der Waals surface area contributed by atoms with Crippen molar-refractivity contribution in [2.24, 2.45) is 5.73 Å². The summed E-state index contributed by atoms with van der Waals surface area (Å²) in [5.41, 5.74) is 5.83. The molecule has 0 saturated heterocycles. The average Bonchev–Trinajstić information content (AvgIpc) is 2.15. The van der Waals surface area contributed by atoms with Crippen molar-refractivity contribution in [1.29, 1.82) is 0 Å². The van der Waals surface area contributed by atoms with Crippen LogP contribution in [-0.2, 0) is 0 Å². The summed E-state index contributed by atoms with van der Waals surface area (Å²) in [7, 11) is 3.93. The van der Waals surface area contributed by atoms with Crippen LogP contribution in [0.15, 0.2) is 24.3 Å². The van der Waals surface area contributed by atoms with Gasteiger partial charge in [0.25, 0.3) is 0 Å². The molecular formula is C11H15N2O2. The Morgan fingerprint density at radius 3 is 2.73 bits per heavy atom. The van der Waals surface area contributed by atoms with Crippen molar-refractivity contribution in [1.82, 2.24) is 4.90 Å². The molecule has 1 aromatic carbocycles. The van der Waals surface area contributed by atoms with Gasteiger partial charge in [-0.05, 0) is 25.7 Å². The summed E-state index contributed by atoms with van der Waals surface area (Å²) in [5.74, 6) is 0.492. The fourth-order valence-corrected chi connectivity index (χ4v) is 1.13. The smallest absolute Gasteiger partial charge is 0.409 e. The van der Waals surface area contributed by atoms with E-state index in [1.807, 2.05) is 37.5 Å². The first-order valence-electron chi connectivity index (χ1n) is 4.64. The largest absolute Gasteiger partial charge is 0.410 e. The molecule has 0 aromatic heterocycles. The molecule has 15 heavy (non-hydrogen) atoms. The molecule has 1 amide bonds. The molecule has 0 bridgehead atoms. The second-order valence-corrected chi connectivity index (χ2v) is 3.43. The highest BCUT2D eigenvalue weighted by molar-refractivity contribution is 5.68. The molecule has 0 heterocycles. The van der Waals surface area contributed by atoms with Crippen LogP contribution in [0.2, 0.25) is 0 Å². The number of primary amides is 1. The van der Waals surface area contributed by atoms with E-state index in [0.29, 0.717) is 5.75 Å². The molecule has 0 saturated carbocycles. The predicted molar refractivity (Wildman–Crippen MR) is 58.6 cm³/mol. The molecule has 0 aliphatic heterocycles. The van der Waals surface area contributed by atoms with E-state index in [4.69, 9.17) is 10.5 Å². The van der Waals surface area contributed by atoms with E-state index in [0.717, 1.165) is 12.1 Å². The highest BCUT2D eigenvalue weighted by atomic mass is 16.5. The summed E-state index contributed by atoms with van der Waals surface area (Å²) < 4.78 is 4.87. The molecule has 1 aromatic rings. The molecular weight excluding hydrogens is 192 g/mol. The normalized spacial score (nSPS) is 10.3. The minimum Gasteiger partial charge on any atom is -0.410 e. The summed E-state index contributed by atoms with van der Waals surface area (Å²) in [6, 6.07) is 7.27. The number of para-hydroxylation sites is 1. The van der Waals surface area contributed by atoms with Crippen LogP contribution < -0.4 is 10.5 Å². The molecule has 1 rings (SSSR count). The van der Waals surface area contributed by atoms with Gasteiger partial charge in [-0.2, -0.15) is 0 Å². The standard InChI is InChI=1S/C11H15N2O2/c1-13(2)8-7-9-5-3-4-6-10(9)15-11(12)14/h3-7H,8H2,1-2H3,(H2,12,14). The van der Waals surface area contributed by atoms with Gasteiger partial charge in [0.2, 0.25) is 0 Å². The Labute approximate surface area is 89.6 Å². The van der Waals surface area contributed by atoms with Crippen molar-refractivity contribution in [2.75, 3.05) is 20.6 Å². The average molecular weight is 207 g/mol. The van der Waals surface area contributed by atoms with Gasteiger partial charge in [-0.15, -0.1) is 0 Å². The van der Waals surface area contributed by atoms with Crippen LogP contribution in [0.4, 0.5) is 4.79 Å². The Bertz CT molecular complexity index is 337. The van der Waals surface area contributed by atoms with Crippen LogP contribution in [0.1, 0.15) is 5.56 Å². The number of carbonyl (C=O) groups is 1. The summed E-state index contributed by atoms with van der Waals surface area (Å²) >= 11 is 0. The molecule has 0 aliphatic carbocycles. The quantitative estimate of drug-likeness (QED) is 0.808. The Balaban J connectivity index is 2.72. The Morgan fingerprint density at radius 1 is 1.47 bits per heavy atom. The minimum absolute atomic E-state index is 0.492. The zero-order valence-electron chi connectivity index (χ0n) is 8.93. The van der Waals surface area contributed by atoms with Gasteiger partial charge >= 0.3 is 6.09 Å². The molecule has 0 unspecified atom stereocenters. The van der Waals surface area contributed by atoms with E-state index in [1.165, 1.54) is 0 Å². The fraction of sp³-hybridized carbons (Fsp3) is 0.273. The number of ether oxygens (including phenoxy) is 1. The van der Waals surface area contributed by atoms with Crippen LogP contribution >= 0.6 is 0 Å². The van der Waals surface area contributed by atoms with Gasteiger partial charge in [0.1, 0.15) is 5.75 Å². The lowest BCUT2D eigenvalue weighted by molar-refractivity contribution is 0.210. The van der Waals surface area contributed by atoms with Gasteiger partial charge in [-0.1, -0.05) is 18.2 Å². The third kappa shape index (κ3) is 3.99. The van der Waals surface area contributed by atoms with Crippen molar-refractivity contribution in [3.63, 3.8) is 0 Å². The number of nitrogens with zero attached hydrogens (tertiary/aromatic N) is 1. The van der Waals surface area contributed by atoms with Gasteiger partial charge in [0.15, 0.2) is 0 Å². The lowest BCUT2D eigenvalue weighted by Gasteiger charge is -2.11. The minimum atomic E-state index is -0.791. The van der Waals surface area contributed by atoms with Crippen molar-refractivity contribution in [3.05, 3.63) is 36.2 Å². The van der Waals surface area contributed by atoms with E-state index in [2.05, 4.69) is 0 Å². The zero-order chi connectivity index (χ0) is 11.3. The maximum absolute atomic E-state index is 10.6. The summed E-state index contributed by atoms with van der Waals surface area (Å²) in [4.78, 5) is 12.6. The van der Waals surface area contributed by atoms with Crippen molar-refractivity contribution >= 4 is 6.09 Å². The predicted octanol–water partition coefficient (Wildman–Crippen LogP) is 1.26. The third-order valence-electron chi connectivity index (χ3n) is 1.81. The first-order valence-corrected chi connectivity index (χ1v) is 4.64. The highest BCUT2D eigenvalue weighted by Crippen LogP contribution is 2.19. The second-order valence-electron chi connectivity index (χ2n) is 3.43. The Morgan fingerprint density at radius 2 is 2.13 bits per heavy atom. The number of likely N-dealkylation sites (N-methyl/N-ethyl adjacent to an activating group) is 1. The molecule has 4 nitrogen and oxygen atoms in total. The molecule has 0 aliphatic rings. The Hall–Kier alpha value is -1.55. The van der Waals surface area contributed by atoms with Gasteiger partial charge in [-0.3, -0.25) is 0 Å². The molecule has 0 atom stereocenters. The first kappa shape index (κ1) is 11.5. The number of hydrogen-bond donors (Lipinski definition) is 1. The second kappa shape index (κ2) is 5.36. The fourth-order valence-electron chi connectivity index (χ4n) is 1.13. The van der Waals surface area contributed by atoms with Gasteiger partial charge < -0.3 is 15.4 Å². The molecule has 2 N–H and O–H groups in total. The third-order valence-corrected chi connectivity index (χ3v) is 1.81. The first-order chi connectivity index (χ1) is 7.09. The molecule has 1 radical (unpaired) electrons. The number of amides is 1. The maximum atomic E-state index is 10.6. The number of nitrogens with two attached hydrogens (primary N) is 1. The molecule has 81 valence electrons. The Kier molecular flexibility index (Phi) is 4.12. The number of hydrogen-bond acceptors (Lipinski definition) is 3. The SMILES string of the molecule is CN(C)C[CH]c1ccccc1OC(N)=O. The topological polar surface area (TPSA) is 55.6 Å². The summed E-state index contributed by atoms with van der Waals surface area (Å²) in [6.07, 6.45) is 1.18. The molecule has 4 heteroatoms. The summed E-state index contributed by atoms with van der Waals surface area (Å²) in [6.45, 7) is 0.777. The highest BCUT2D eigenvalue weighted by Gasteiger charge is 2.05. The number of benzene rings is 1. The van der Waals surface area contributed by atoms with Crippen molar-refractivity contribution in [2.45, 2.75) is 0 Å². The lowest BCUT2D eigenvalue weighted by atomic mass is 10.1. The van der Waals surface area contributed by atoms with Crippen LogP contribution in [0.25, 0.3) is 0 Å². The van der Waals surface area contributed by atoms with Crippen LogP contribution in [0, 0.1) is 6.42 Å². The molecule has 0 spiro atoms. The van der Waals surface area contributed by atoms with E-state index in [1.54, 1.807) is 12.1 Å². The van der Waals surface area contributed by atoms with Crippen LogP contribution in [-0.4, -0.2) is 31.6 Å². The maximum Gasteiger partial charge on any atom is 0.409 e. The zero-order valence-corrected chi connectivity index (χ0v) is 8.93. The van der Waals surface area contributed by atoms with Gasteiger partial charge in [0.05, 0.1) is 0 Å². The van der Waals surface area contributed by atoms with Gasteiger partial charge in [-0.25, -0.2) is 4.79 Å².